The number of alkyl halides is 1. The van der Waals surface area contributed by atoms with E-state index in [0.29, 0.717) is 0 Å². The molecule has 0 heterocycles. The fourth-order valence-corrected chi connectivity index (χ4v) is 3.73. The zero-order valence-corrected chi connectivity index (χ0v) is 13.0. The molecule has 0 aliphatic rings. The van der Waals surface area contributed by atoms with Crippen LogP contribution in [-0.2, 0) is 6.42 Å². The Bertz CT molecular complexity index is 497. The predicted molar refractivity (Wildman–Crippen MR) is 81.0 cm³/mol. The van der Waals surface area contributed by atoms with E-state index in [2.05, 4.69) is 62.2 Å². The number of benzene rings is 2. The van der Waals surface area contributed by atoms with Crippen LogP contribution in [0, 0.1) is 0 Å². The topological polar surface area (TPSA) is 0 Å². The van der Waals surface area contributed by atoms with E-state index in [1.165, 1.54) is 11.1 Å². The van der Waals surface area contributed by atoms with E-state index in [9.17, 15) is 0 Å². The Kier molecular flexibility index (Phi) is 4.66. The van der Waals surface area contributed by atoms with E-state index in [1.807, 2.05) is 18.2 Å². The highest BCUT2D eigenvalue weighted by molar-refractivity contribution is 9.11. The van der Waals surface area contributed by atoms with Crippen LogP contribution in [0.4, 0.5) is 0 Å². The summed E-state index contributed by atoms with van der Waals surface area (Å²) in [7, 11) is 0. The summed E-state index contributed by atoms with van der Waals surface area (Å²) in [5, 5.41) is 0.750. The summed E-state index contributed by atoms with van der Waals surface area (Å²) >= 11 is 13.2. The molecule has 0 bridgehead atoms. The van der Waals surface area contributed by atoms with Crippen LogP contribution >= 0.6 is 43.5 Å². The van der Waals surface area contributed by atoms with Crippen molar-refractivity contribution in [3.8, 4) is 0 Å². The Morgan fingerprint density at radius 2 is 1.76 bits per heavy atom. The Morgan fingerprint density at radius 3 is 2.41 bits per heavy atom. The van der Waals surface area contributed by atoms with Crippen molar-refractivity contribution in [1.82, 2.24) is 0 Å². The van der Waals surface area contributed by atoms with Crippen molar-refractivity contribution in [3.63, 3.8) is 0 Å². The molecule has 1 atom stereocenters. The maximum Gasteiger partial charge on any atom is 0.0446 e. The highest BCUT2D eigenvalue weighted by Gasteiger charge is 2.11. The van der Waals surface area contributed by atoms with Gasteiger partial charge >= 0.3 is 0 Å². The summed E-state index contributed by atoms with van der Waals surface area (Å²) in [5.74, 6) is 0. The van der Waals surface area contributed by atoms with Gasteiger partial charge in [-0.3, -0.25) is 0 Å². The van der Waals surface area contributed by atoms with Crippen LogP contribution in [0.5, 0.6) is 0 Å². The number of hydrogen-bond acceptors (Lipinski definition) is 0. The number of rotatable bonds is 3. The van der Waals surface area contributed by atoms with Crippen molar-refractivity contribution in [3.05, 3.63) is 69.2 Å². The summed E-state index contributed by atoms with van der Waals surface area (Å²) in [6.45, 7) is 0. The van der Waals surface area contributed by atoms with Gasteiger partial charge in [-0.05, 0) is 29.7 Å². The molecule has 0 nitrogen and oxygen atoms in total. The number of hydrogen-bond donors (Lipinski definition) is 0. The average Bonchev–Trinajstić information content (AvgIpc) is 2.30. The first kappa shape index (κ1) is 13.1. The fourth-order valence-electron chi connectivity index (χ4n) is 1.69. The molecule has 0 saturated carbocycles. The van der Waals surface area contributed by atoms with Crippen LogP contribution in [0.1, 0.15) is 16.0 Å². The molecule has 2 aromatic carbocycles. The first-order valence-corrected chi connectivity index (χ1v) is 7.38. The predicted octanol–water partition coefficient (Wildman–Crippen LogP) is 5.78. The van der Waals surface area contributed by atoms with Crippen LogP contribution in [0.25, 0.3) is 0 Å². The average molecular weight is 375 g/mol. The van der Waals surface area contributed by atoms with Gasteiger partial charge in [0.15, 0.2) is 0 Å². The maximum absolute atomic E-state index is 5.94. The highest BCUT2D eigenvalue weighted by atomic mass is 79.9. The molecular formula is C14H11Br2Cl. The molecule has 1 unspecified atom stereocenters. The molecule has 0 N–H and O–H groups in total. The van der Waals surface area contributed by atoms with Crippen LogP contribution in [0.3, 0.4) is 0 Å². The molecule has 2 rings (SSSR count). The minimum absolute atomic E-state index is 0.288. The zero-order valence-electron chi connectivity index (χ0n) is 9.04. The lowest BCUT2D eigenvalue weighted by Crippen LogP contribution is -1.96. The minimum atomic E-state index is 0.288. The molecule has 0 fully saturated rings. The van der Waals surface area contributed by atoms with E-state index in [4.69, 9.17) is 11.6 Å². The summed E-state index contributed by atoms with van der Waals surface area (Å²) < 4.78 is 1.04. The molecule has 88 valence electrons. The smallest absolute Gasteiger partial charge is 0.0446 e. The summed E-state index contributed by atoms with van der Waals surface area (Å²) in [6, 6.07) is 16.3. The van der Waals surface area contributed by atoms with E-state index in [0.717, 1.165) is 15.9 Å². The molecule has 17 heavy (non-hydrogen) atoms. The van der Waals surface area contributed by atoms with Crippen molar-refractivity contribution in [2.75, 3.05) is 0 Å². The lowest BCUT2D eigenvalue weighted by Gasteiger charge is -2.12. The Hall–Kier alpha value is -0.310. The molecule has 0 aliphatic carbocycles. The van der Waals surface area contributed by atoms with Gasteiger partial charge < -0.3 is 0 Å². The van der Waals surface area contributed by atoms with Crippen LogP contribution in [0.2, 0.25) is 5.02 Å². The normalized spacial score (nSPS) is 12.4. The minimum Gasteiger partial charge on any atom is -0.0843 e. The van der Waals surface area contributed by atoms with Crippen LogP contribution in [-0.4, -0.2) is 0 Å². The third-order valence-corrected chi connectivity index (χ3v) is 4.30. The highest BCUT2D eigenvalue weighted by Crippen LogP contribution is 2.33. The molecule has 0 amide bonds. The molecule has 0 aliphatic heterocycles. The van der Waals surface area contributed by atoms with Crippen molar-refractivity contribution in [1.29, 1.82) is 0 Å². The first-order valence-electron chi connectivity index (χ1n) is 5.30. The molecule has 0 radical (unpaired) electrons. The third-order valence-electron chi connectivity index (χ3n) is 2.56. The first-order chi connectivity index (χ1) is 8.16. The van der Waals surface area contributed by atoms with E-state index < -0.39 is 0 Å². The fraction of sp³-hybridized carbons (Fsp3) is 0.143. The molecular weight excluding hydrogens is 363 g/mol. The van der Waals surface area contributed by atoms with Gasteiger partial charge in [-0.2, -0.15) is 0 Å². The lowest BCUT2D eigenvalue weighted by atomic mass is 10.0. The van der Waals surface area contributed by atoms with E-state index in [1.54, 1.807) is 0 Å². The standard InChI is InChI=1S/C14H11Br2Cl/c15-13(8-10-4-2-1-3-5-10)12-7-6-11(17)9-14(12)16/h1-7,9,13H,8H2. The largest absolute Gasteiger partial charge is 0.0843 e. The van der Waals surface area contributed by atoms with Gasteiger partial charge in [-0.1, -0.05) is 79.9 Å². The van der Waals surface area contributed by atoms with Crippen molar-refractivity contribution < 1.29 is 0 Å². The van der Waals surface area contributed by atoms with Crippen molar-refractivity contribution >= 4 is 43.5 Å². The molecule has 0 aromatic heterocycles. The third kappa shape index (κ3) is 3.57. The second-order valence-corrected chi connectivity index (χ2v) is 6.22. The lowest BCUT2D eigenvalue weighted by molar-refractivity contribution is 0.943. The molecule has 3 heteroatoms. The van der Waals surface area contributed by atoms with Gasteiger partial charge in [0.2, 0.25) is 0 Å². The summed E-state index contributed by atoms with van der Waals surface area (Å²) in [6.07, 6.45) is 0.959. The van der Waals surface area contributed by atoms with Gasteiger partial charge in [0.25, 0.3) is 0 Å². The van der Waals surface area contributed by atoms with Gasteiger partial charge in [0.1, 0.15) is 0 Å². The van der Waals surface area contributed by atoms with Gasteiger partial charge in [-0.15, -0.1) is 0 Å². The van der Waals surface area contributed by atoms with Gasteiger partial charge in [-0.25, -0.2) is 0 Å². The van der Waals surface area contributed by atoms with Crippen molar-refractivity contribution in [2.24, 2.45) is 0 Å². The van der Waals surface area contributed by atoms with Gasteiger partial charge in [0.05, 0.1) is 0 Å². The Morgan fingerprint density at radius 1 is 1.06 bits per heavy atom. The SMILES string of the molecule is Clc1ccc(C(Br)Cc2ccccc2)c(Br)c1. The zero-order chi connectivity index (χ0) is 12.3. The van der Waals surface area contributed by atoms with Crippen LogP contribution in [0.15, 0.2) is 53.0 Å². The molecule has 2 aromatic rings. The monoisotopic (exact) mass is 372 g/mol. The second-order valence-electron chi connectivity index (χ2n) is 3.82. The molecule has 0 saturated heterocycles. The van der Waals surface area contributed by atoms with Crippen molar-refractivity contribution in [2.45, 2.75) is 11.2 Å². The Labute approximate surface area is 123 Å². The van der Waals surface area contributed by atoms with Crippen LogP contribution < -0.4 is 0 Å². The quantitative estimate of drug-likeness (QED) is 0.597. The van der Waals surface area contributed by atoms with Gasteiger partial charge in [0, 0.05) is 14.3 Å². The van der Waals surface area contributed by atoms with E-state index in [-0.39, 0.29) is 4.83 Å². The number of halogens is 3. The Balaban J connectivity index is 2.17. The van der Waals surface area contributed by atoms with E-state index >= 15 is 0 Å². The molecule has 0 spiro atoms. The summed E-state index contributed by atoms with van der Waals surface area (Å²) in [5.41, 5.74) is 2.54. The second kappa shape index (κ2) is 6.03. The maximum atomic E-state index is 5.94. The summed E-state index contributed by atoms with van der Waals surface area (Å²) in [4.78, 5) is 0.288.